The lowest BCUT2D eigenvalue weighted by Crippen LogP contribution is -2.55. The highest BCUT2D eigenvalue weighted by molar-refractivity contribution is 6.02. The van der Waals surface area contributed by atoms with E-state index in [0.29, 0.717) is 116 Å². The van der Waals surface area contributed by atoms with Crippen molar-refractivity contribution in [3.63, 3.8) is 0 Å². The maximum absolute atomic E-state index is 14.4. The van der Waals surface area contributed by atoms with Crippen molar-refractivity contribution in [1.29, 1.82) is 0 Å². The van der Waals surface area contributed by atoms with Crippen LogP contribution >= 0.6 is 0 Å². The quantitative estimate of drug-likeness (QED) is 0.0442. The molecule has 0 spiro atoms. The second-order valence-electron chi connectivity index (χ2n) is 33.4. The van der Waals surface area contributed by atoms with E-state index in [9.17, 15) is 57.5 Å². The molecule has 0 aliphatic heterocycles. The van der Waals surface area contributed by atoms with E-state index in [1.807, 2.05) is 208 Å². The molecule has 2 amide bonds. The Morgan fingerprint density at radius 3 is 0.709 bits per heavy atom. The summed E-state index contributed by atoms with van der Waals surface area (Å²) in [6.45, 7) is 58.6. The number of carbonyl (C=O) groups excluding carboxylic acids is 12. The lowest BCUT2D eigenvalue weighted by molar-refractivity contribution is -0.141. The van der Waals surface area contributed by atoms with E-state index in [-0.39, 0.29) is 117 Å². The molecule has 6 atom stereocenters. The van der Waals surface area contributed by atoms with Crippen LogP contribution in [0.4, 0.5) is 0 Å². The molecule has 103 heavy (non-hydrogen) atoms. The summed E-state index contributed by atoms with van der Waals surface area (Å²) in [4.78, 5) is 168. The molecular formula is C87H160N4O12. The fraction of sp³-hybridized carbons (Fsp3) is 0.862. The van der Waals surface area contributed by atoms with Gasteiger partial charge >= 0.3 is 0 Å². The average molecular weight is 1450 g/mol. The van der Waals surface area contributed by atoms with Crippen LogP contribution in [-0.2, 0) is 57.5 Å². The Labute approximate surface area is 630 Å². The van der Waals surface area contributed by atoms with E-state index in [1.54, 1.807) is 0 Å². The highest BCUT2D eigenvalue weighted by Crippen LogP contribution is 2.40. The Morgan fingerprint density at radius 2 is 0.447 bits per heavy atom. The number of hydrogen-bond acceptors (Lipinski definition) is 14. The molecule has 4 N–H and O–H groups in total. The minimum atomic E-state index is -1.09. The van der Waals surface area contributed by atoms with Crippen LogP contribution in [0.3, 0.4) is 0 Å². The predicted molar refractivity (Wildman–Crippen MR) is 426 cm³/mol. The van der Waals surface area contributed by atoms with E-state index >= 15 is 0 Å². The maximum Gasteiger partial charge on any atom is 0.224 e. The zero-order chi connectivity index (χ0) is 80.0. The number of amides is 2. The Kier molecular flexibility index (Phi) is 45.3. The number of Topliss-reactive ketones (excluding diaryl/α,β-unsaturated/α-hetero) is 10. The second-order valence-corrected chi connectivity index (χ2v) is 33.4. The number of nitrogens with one attached hydrogen (secondary N) is 4. The van der Waals surface area contributed by atoms with Gasteiger partial charge in [-0.25, -0.2) is 0 Å². The van der Waals surface area contributed by atoms with Crippen LogP contribution in [0.2, 0.25) is 0 Å². The molecule has 0 radical (unpaired) electrons. The van der Waals surface area contributed by atoms with E-state index in [1.165, 1.54) is 0 Å². The number of ketones is 10. The lowest BCUT2D eigenvalue weighted by atomic mass is 9.69. The zero-order valence-electron chi connectivity index (χ0n) is 71.2. The average Bonchev–Trinajstić information content (AvgIpc) is 0.821. The first kappa shape index (κ1) is 103. The van der Waals surface area contributed by atoms with Gasteiger partial charge in [0.15, 0.2) is 23.1 Å². The Morgan fingerprint density at radius 1 is 0.233 bits per heavy atom. The van der Waals surface area contributed by atoms with Gasteiger partial charge < -0.3 is 21.3 Å². The molecule has 6 unspecified atom stereocenters. The summed E-state index contributed by atoms with van der Waals surface area (Å²) in [7, 11) is 0. The molecule has 0 heterocycles. The van der Waals surface area contributed by atoms with Gasteiger partial charge in [-0.15, -0.1) is 0 Å². The van der Waals surface area contributed by atoms with Gasteiger partial charge in [-0.3, -0.25) is 57.5 Å². The van der Waals surface area contributed by atoms with E-state index in [2.05, 4.69) is 21.3 Å². The van der Waals surface area contributed by atoms with Gasteiger partial charge in [-0.05, 0) is 142 Å². The molecule has 0 aliphatic rings. The second kappa shape index (κ2) is 45.4. The van der Waals surface area contributed by atoms with Crippen LogP contribution in [0.5, 0.6) is 0 Å². The van der Waals surface area contributed by atoms with Gasteiger partial charge in [0.1, 0.15) is 34.7 Å². The number of carbonyl (C=O) groups is 12. The highest BCUT2D eigenvalue weighted by atomic mass is 16.2. The summed E-state index contributed by atoms with van der Waals surface area (Å²) in [6.07, 6.45) is 11.3. The van der Waals surface area contributed by atoms with Gasteiger partial charge in [0.25, 0.3) is 0 Å². The molecule has 0 aromatic carbocycles. The molecule has 600 valence electrons. The summed E-state index contributed by atoms with van der Waals surface area (Å²) in [5.41, 5.74) is -6.16. The van der Waals surface area contributed by atoms with Crippen LogP contribution in [0.15, 0.2) is 0 Å². The molecule has 16 nitrogen and oxygen atoms in total. The van der Waals surface area contributed by atoms with Crippen LogP contribution in [0, 0.1) is 55.2 Å². The van der Waals surface area contributed by atoms with Crippen LogP contribution in [-0.4, -0.2) is 105 Å². The van der Waals surface area contributed by atoms with E-state index < -0.39 is 102 Å². The third-order valence-corrected chi connectivity index (χ3v) is 27.9. The third-order valence-electron chi connectivity index (χ3n) is 27.9. The van der Waals surface area contributed by atoms with Gasteiger partial charge in [-0.2, -0.15) is 0 Å². The summed E-state index contributed by atoms with van der Waals surface area (Å²) in [5, 5.41) is 12.8. The Hall–Kier alpha value is -4.44. The van der Waals surface area contributed by atoms with Gasteiger partial charge in [0, 0.05) is 112 Å². The van der Waals surface area contributed by atoms with Crippen LogP contribution in [0.25, 0.3) is 0 Å². The van der Waals surface area contributed by atoms with Gasteiger partial charge in [0.05, 0.1) is 30.1 Å². The summed E-state index contributed by atoms with van der Waals surface area (Å²) in [5.74, 6) is -4.33. The fourth-order valence-electron chi connectivity index (χ4n) is 13.3. The Bertz CT molecular complexity index is 2700. The monoisotopic (exact) mass is 1450 g/mol. The molecule has 0 aromatic heterocycles. The largest absolute Gasteiger partial charge is 0.346 e. The normalized spacial score (nSPS) is 14.7. The van der Waals surface area contributed by atoms with Crippen molar-refractivity contribution < 1.29 is 57.5 Å². The fourth-order valence-corrected chi connectivity index (χ4v) is 13.3. The molecule has 0 bridgehead atoms. The number of hydrogen-bond donors (Lipinski definition) is 4. The van der Waals surface area contributed by atoms with Crippen molar-refractivity contribution in [2.45, 2.75) is 430 Å². The van der Waals surface area contributed by atoms with Crippen molar-refractivity contribution in [2.75, 3.05) is 0 Å². The predicted octanol–water partition coefficient (Wildman–Crippen LogP) is 19.3. The minimum Gasteiger partial charge on any atom is -0.346 e. The molecule has 0 aromatic rings. The molecule has 16 heteroatoms. The lowest BCUT2D eigenvalue weighted by Gasteiger charge is -2.36. The van der Waals surface area contributed by atoms with Crippen molar-refractivity contribution in [3.05, 3.63) is 0 Å². The maximum atomic E-state index is 14.4. The first-order chi connectivity index (χ1) is 47.1. The SMILES string of the molecule is C.CCC(C)(CC)NC(CC(=O)C(C)(CC)CC)C(=O)CC(CC(=O)C(C)(CC)CC)C(=O)NC(CC(=O)C(C)(CC)CC)C(=O)C(C)(CC)CC.CCC(C)(CC)NC(CC(=O)NC(CC(=O)C(C)(CC)CC)C(=O)C(C)(CC)CC)C(=O)CC(CC(=O)C(C)(CC)CC)C(=O)C(C)(CC)CC. The van der Waals surface area contributed by atoms with Crippen LogP contribution < -0.4 is 21.3 Å². The summed E-state index contributed by atoms with van der Waals surface area (Å²) < 4.78 is 0. The molecule has 0 saturated carbocycles. The van der Waals surface area contributed by atoms with Crippen molar-refractivity contribution in [1.82, 2.24) is 21.3 Å². The van der Waals surface area contributed by atoms with Gasteiger partial charge in [0.2, 0.25) is 11.8 Å². The number of rotatable bonds is 56. The molecule has 0 rings (SSSR count). The molecular weight excluding hydrogens is 1290 g/mol. The topological polar surface area (TPSA) is 253 Å². The van der Waals surface area contributed by atoms with E-state index in [4.69, 9.17) is 0 Å². The molecule has 0 fully saturated rings. The Balaban J connectivity index is -0.00000192. The minimum absolute atomic E-state index is 0. The third kappa shape index (κ3) is 28.3. The standard InChI is InChI=1S/2C43H78N2O6.CH4/c1-16-39(11,17-2)34(47)27-30(37(50)41(13,20-5)21-6)26-33(46)31(45-43(15,24-9)25-10)29-36(49)44-32(38(51)42(14,22-7)23-8)28-35(48)40(12,18-3)19-4;1-16-39(11,17-2)34(47)27-30(26-33(46)31(45-43(15,24-9)25-10)28-35(48)40(12,18-3)19-4)38(51)44-32(37(50)42(14,22-7)23-8)29-36(49)41(13,20-5)21-6;/h30-32,45H,16-29H2,1-15H3,(H,44,49);30-32,45H,16-29H2,1-15H3,(H,44,51);1H4. The zero-order valence-corrected chi connectivity index (χ0v) is 71.2. The van der Waals surface area contributed by atoms with Gasteiger partial charge in [-0.1, -0.05) is 201 Å². The first-order valence-electron chi connectivity index (χ1n) is 40.6. The summed E-state index contributed by atoms with van der Waals surface area (Å²) in [6, 6.07) is -3.90. The first-order valence-corrected chi connectivity index (χ1v) is 40.6. The molecule has 0 saturated heterocycles. The molecule has 0 aliphatic carbocycles. The van der Waals surface area contributed by atoms with Crippen molar-refractivity contribution in [3.8, 4) is 0 Å². The highest BCUT2D eigenvalue weighted by Gasteiger charge is 2.46. The van der Waals surface area contributed by atoms with Crippen LogP contribution in [0.1, 0.15) is 395 Å². The smallest absolute Gasteiger partial charge is 0.224 e. The van der Waals surface area contributed by atoms with E-state index in [0.717, 1.165) is 12.8 Å². The van der Waals surface area contributed by atoms with Crippen molar-refractivity contribution >= 4 is 69.6 Å². The summed E-state index contributed by atoms with van der Waals surface area (Å²) >= 11 is 0. The van der Waals surface area contributed by atoms with Crippen molar-refractivity contribution in [2.24, 2.45) is 55.2 Å².